The summed E-state index contributed by atoms with van der Waals surface area (Å²) in [5.41, 5.74) is 0. The summed E-state index contributed by atoms with van der Waals surface area (Å²) in [6.07, 6.45) is 3.54. The molecule has 0 fully saturated rings. The van der Waals surface area contributed by atoms with E-state index in [1.54, 1.807) is 19.4 Å². The number of halogens is 1. The van der Waals surface area contributed by atoms with Crippen molar-refractivity contribution < 1.29 is 9.53 Å². The molecule has 18 heavy (non-hydrogen) atoms. The lowest BCUT2D eigenvalue weighted by molar-refractivity contribution is 0.0953. The fraction of sp³-hybridized carbons (Fsp3) is 0.273. The van der Waals surface area contributed by atoms with Gasteiger partial charge in [-0.15, -0.1) is 11.3 Å². The molecule has 0 radical (unpaired) electrons. The van der Waals surface area contributed by atoms with Crippen LogP contribution >= 0.6 is 27.3 Å². The third kappa shape index (κ3) is 2.73. The zero-order valence-corrected chi connectivity index (χ0v) is 12.3. The fourth-order valence-electron chi connectivity index (χ4n) is 1.42. The molecule has 0 aromatic carbocycles. The minimum absolute atomic E-state index is 0.132. The van der Waals surface area contributed by atoms with Crippen LogP contribution in [0.15, 0.2) is 22.2 Å². The summed E-state index contributed by atoms with van der Waals surface area (Å²) in [6.45, 7) is 0.403. The molecule has 1 N–H and O–H groups in total. The summed E-state index contributed by atoms with van der Waals surface area (Å²) < 4.78 is 7.79. The van der Waals surface area contributed by atoms with Crippen LogP contribution in [0.3, 0.4) is 0 Å². The summed E-state index contributed by atoms with van der Waals surface area (Å²) in [7, 11) is 3.46. The Morgan fingerprint density at radius 3 is 3.00 bits per heavy atom. The monoisotopic (exact) mass is 329 g/mol. The molecule has 0 spiro atoms. The largest absolute Gasteiger partial charge is 0.495 e. The van der Waals surface area contributed by atoms with Crippen molar-refractivity contribution in [1.29, 1.82) is 0 Å². The maximum atomic E-state index is 11.9. The van der Waals surface area contributed by atoms with Crippen molar-refractivity contribution in [2.45, 2.75) is 6.54 Å². The van der Waals surface area contributed by atoms with Gasteiger partial charge in [-0.25, -0.2) is 4.98 Å². The van der Waals surface area contributed by atoms with Gasteiger partial charge in [0.2, 0.25) is 0 Å². The number of hydrogen-bond acceptors (Lipinski definition) is 4. The summed E-state index contributed by atoms with van der Waals surface area (Å²) >= 11 is 4.68. The van der Waals surface area contributed by atoms with E-state index in [0.29, 0.717) is 17.2 Å². The third-order valence-corrected chi connectivity index (χ3v) is 4.21. The number of aromatic nitrogens is 2. The van der Waals surface area contributed by atoms with Crippen molar-refractivity contribution in [1.82, 2.24) is 14.9 Å². The fourth-order valence-corrected chi connectivity index (χ4v) is 2.98. The van der Waals surface area contributed by atoms with Gasteiger partial charge in [-0.2, -0.15) is 0 Å². The van der Waals surface area contributed by atoms with Gasteiger partial charge in [0.1, 0.15) is 15.4 Å². The molecule has 7 heteroatoms. The van der Waals surface area contributed by atoms with Gasteiger partial charge in [0.25, 0.3) is 5.91 Å². The Kier molecular flexibility index (Phi) is 4.03. The van der Waals surface area contributed by atoms with Crippen LogP contribution in [0.4, 0.5) is 0 Å². The molecule has 5 nitrogen and oxygen atoms in total. The lowest BCUT2D eigenvalue weighted by Crippen LogP contribution is -2.23. The van der Waals surface area contributed by atoms with Crippen LogP contribution in [0.25, 0.3) is 0 Å². The van der Waals surface area contributed by atoms with E-state index in [9.17, 15) is 4.79 Å². The molecule has 0 bridgehead atoms. The van der Waals surface area contributed by atoms with Crippen molar-refractivity contribution >= 4 is 33.2 Å². The van der Waals surface area contributed by atoms with E-state index in [0.717, 1.165) is 9.61 Å². The summed E-state index contributed by atoms with van der Waals surface area (Å²) in [6, 6.07) is 1.71. The zero-order chi connectivity index (χ0) is 13.1. The Labute approximate surface area is 117 Å². The van der Waals surface area contributed by atoms with Crippen LogP contribution in [0, 0.1) is 0 Å². The molecule has 1 amide bonds. The number of methoxy groups -OCH3 is 1. The van der Waals surface area contributed by atoms with E-state index in [1.807, 2.05) is 17.8 Å². The Morgan fingerprint density at radius 1 is 1.67 bits per heavy atom. The highest BCUT2D eigenvalue weighted by Crippen LogP contribution is 2.34. The maximum Gasteiger partial charge on any atom is 0.261 e. The van der Waals surface area contributed by atoms with Gasteiger partial charge >= 0.3 is 0 Å². The van der Waals surface area contributed by atoms with Crippen LogP contribution in [0.2, 0.25) is 0 Å². The SMILES string of the molecule is COc1cc(C(=O)NCc2nccn2C)sc1Br. The molecule has 2 aromatic heterocycles. The summed E-state index contributed by atoms with van der Waals surface area (Å²) in [5, 5.41) is 2.82. The van der Waals surface area contributed by atoms with Crippen LogP contribution in [0.5, 0.6) is 5.75 Å². The van der Waals surface area contributed by atoms with Crippen molar-refractivity contribution in [2.75, 3.05) is 7.11 Å². The second-order valence-electron chi connectivity index (χ2n) is 3.59. The van der Waals surface area contributed by atoms with Crippen molar-refractivity contribution in [3.05, 3.63) is 32.9 Å². The first-order valence-electron chi connectivity index (χ1n) is 5.19. The van der Waals surface area contributed by atoms with Gasteiger partial charge in [0.05, 0.1) is 18.5 Å². The summed E-state index contributed by atoms with van der Waals surface area (Å²) in [5.74, 6) is 1.35. The van der Waals surface area contributed by atoms with Crippen LogP contribution in [-0.2, 0) is 13.6 Å². The standard InChI is InChI=1S/C11H12BrN3O2S/c1-15-4-3-13-9(15)6-14-11(16)8-5-7(17-2)10(12)18-8/h3-5H,6H2,1-2H3,(H,14,16). The first kappa shape index (κ1) is 13.1. The Balaban J connectivity index is 2.01. The highest BCUT2D eigenvalue weighted by atomic mass is 79.9. The van der Waals surface area contributed by atoms with E-state index < -0.39 is 0 Å². The Bertz CT molecular complexity index is 564. The topological polar surface area (TPSA) is 56.1 Å². The molecule has 2 heterocycles. The number of thiophene rings is 1. The molecule has 96 valence electrons. The number of nitrogens with one attached hydrogen (secondary N) is 1. The molecule has 0 aliphatic heterocycles. The molecule has 2 rings (SSSR count). The molecular weight excluding hydrogens is 318 g/mol. The molecule has 0 aliphatic rings. The Morgan fingerprint density at radius 2 is 2.44 bits per heavy atom. The quantitative estimate of drug-likeness (QED) is 0.935. The van der Waals surface area contributed by atoms with E-state index in [-0.39, 0.29) is 5.91 Å². The number of imidazole rings is 1. The molecule has 0 saturated heterocycles. The Hall–Kier alpha value is -1.34. The van der Waals surface area contributed by atoms with Gasteiger partial charge in [-0.1, -0.05) is 0 Å². The first-order chi connectivity index (χ1) is 8.61. The van der Waals surface area contributed by atoms with E-state index >= 15 is 0 Å². The molecule has 0 unspecified atom stereocenters. The number of carbonyl (C=O) groups excluding carboxylic acids is 1. The van der Waals surface area contributed by atoms with Crippen molar-refractivity contribution in [3.63, 3.8) is 0 Å². The lowest BCUT2D eigenvalue weighted by Gasteiger charge is -2.03. The smallest absolute Gasteiger partial charge is 0.261 e. The molecule has 0 saturated carbocycles. The second kappa shape index (κ2) is 5.53. The van der Waals surface area contributed by atoms with Gasteiger partial charge < -0.3 is 14.6 Å². The molecule has 2 aromatic rings. The van der Waals surface area contributed by atoms with Gasteiger partial charge in [-0.05, 0) is 15.9 Å². The minimum Gasteiger partial charge on any atom is -0.495 e. The maximum absolute atomic E-state index is 11.9. The number of nitrogens with zero attached hydrogens (tertiary/aromatic N) is 2. The van der Waals surface area contributed by atoms with E-state index in [1.165, 1.54) is 11.3 Å². The van der Waals surface area contributed by atoms with Crippen LogP contribution in [0.1, 0.15) is 15.5 Å². The molecule has 0 atom stereocenters. The number of aryl methyl sites for hydroxylation is 1. The average molecular weight is 330 g/mol. The zero-order valence-electron chi connectivity index (χ0n) is 9.94. The van der Waals surface area contributed by atoms with E-state index in [4.69, 9.17) is 4.74 Å². The average Bonchev–Trinajstić information content (AvgIpc) is 2.92. The predicted octanol–water partition coefficient (Wildman–Crippen LogP) is 2.18. The highest BCUT2D eigenvalue weighted by Gasteiger charge is 2.13. The van der Waals surface area contributed by atoms with Crippen molar-refractivity contribution in [3.8, 4) is 5.75 Å². The van der Waals surface area contributed by atoms with Gasteiger partial charge in [-0.3, -0.25) is 4.79 Å². The number of carbonyl (C=O) groups is 1. The number of rotatable bonds is 4. The van der Waals surface area contributed by atoms with Crippen molar-refractivity contribution in [2.24, 2.45) is 7.05 Å². The van der Waals surface area contributed by atoms with Crippen LogP contribution < -0.4 is 10.1 Å². The molecular formula is C11H12BrN3O2S. The molecule has 0 aliphatic carbocycles. The first-order valence-corrected chi connectivity index (χ1v) is 6.80. The highest BCUT2D eigenvalue weighted by molar-refractivity contribution is 9.11. The third-order valence-electron chi connectivity index (χ3n) is 2.43. The van der Waals surface area contributed by atoms with Gasteiger partial charge in [0.15, 0.2) is 0 Å². The number of hydrogen-bond donors (Lipinski definition) is 1. The minimum atomic E-state index is -0.132. The van der Waals surface area contributed by atoms with E-state index in [2.05, 4.69) is 26.2 Å². The number of ether oxygens (including phenoxy) is 1. The van der Waals surface area contributed by atoms with Crippen LogP contribution in [-0.4, -0.2) is 22.6 Å². The summed E-state index contributed by atoms with van der Waals surface area (Å²) in [4.78, 5) is 16.7. The van der Waals surface area contributed by atoms with Gasteiger partial charge in [0, 0.05) is 25.5 Å². The lowest BCUT2D eigenvalue weighted by atomic mass is 10.4. The number of amides is 1. The second-order valence-corrected chi connectivity index (χ2v) is 5.96. The normalized spacial score (nSPS) is 10.4. The predicted molar refractivity (Wildman–Crippen MR) is 72.9 cm³/mol.